The van der Waals surface area contributed by atoms with Gasteiger partial charge in [0.25, 0.3) is 5.91 Å². The molecular formula is C27H20F4N4O2. The minimum Gasteiger partial charge on any atom is -0.339 e. The highest BCUT2D eigenvalue weighted by Gasteiger charge is 2.42. The van der Waals surface area contributed by atoms with Gasteiger partial charge in [-0.15, -0.1) is 0 Å². The Morgan fingerprint density at radius 2 is 1.62 bits per heavy atom. The van der Waals surface area contributed by atoms with Gasteiger partial charge in [-0.1, -0.05) is 30.3 Å². The SMILES string of the molecule is Cc1nn(-c2ccccc2)c2c1[C@H](c1ccc(F)cc1)[C@@H](NC(=O)c1ccc(C(F)(F)F)cc1)C(=O)N2. The van der Waals surface area contributed by atoms with Gasteiger partial charge in [0.1, 0.15) is 17.7 Å². The van der Waals surface area contributed by atoms with Crippen molar-refractivity contribution >= 4 is 17.6 Å². The number of rotatable bonds is 4. The van der Waals surface area contributed by atoms with Crippen LogP contribution >= 0.6 is 0 Å². The van der Waals surface area contributed by atoms with Crippen LogP contribution in [0.1, 0.15) is 38.7 Å². The van der Waals surface area contributed by atoms with Crippen LogP contribution in [-0.4, -0.2) is 27.6 Å². The van der Waals surface area contributed by atoms with Crippen molar-refractivity contribution in [1.29, 1.82) is 0 Å². The number of benzene rings is 3. The van der Waals surface area contributed by atoms with Gasteiger partial charge in [-0.25, -0.2) is 9.07 Å². The highest BCUT2D eigenvalue weighted by Crippen LogP contribution is 2.40. The standard InChI is InChI=1S/C27H20F4N4O2/c1-15-21-22(16-9-13-19(28)14-10-16)23(32-25(36)17-7-11-18(12-8-17)27(29,30)31)26(37)33-24(21)35(34-15)20-5-3-2-4-6-20/h2-14,22-23H,1H3,(H,32,36)(H,33,37)/t22-,23+/m0/s1. The summed E-state index contributed by atoms with van der Waals surface area (Å²) in [5, 5.41) is 10.1. The largest absolute Gasteiger partial charge is 0.416 e. The molecule has 0 aliphatic carbocycles. The van der Waals surface area contributed by atoms with Crippen molar-refractivity contribution in [2.24, 2.45) is 0 Å². The van der Waals surface area contributed by atoms with E-state index < -0.39 is 41.3 Å². The van der Waals surface area contributed by atoms with E-state index in [-0.39, 0.29) is 5.56 Å². The van der Waals surface area contributed by atoms with Crippen molar-refractivity contribution in [1.82, 2.24) is 15.1 Å². The number of halogens is 4. The third-order valence-electron chi connectivity index (χ3n) is 6.27. The number of nitrogens with one attached hydrogen (secondary N) is 2. The lowest BCUT2D eigenvalue weighted by Crippen LogP contribution is -2.50. The lowest BCUT2D eigenvalue weighted by Gasteiger charge is -2.32. The van der Waals surface area contributed by atoms with Gasteiger partial charge in [-0.2, -0.15) is 18.3 Å². The van der Waals surface area contributed by atoms with Crippen LogP contribution < -0.4 is 10.6 Å². The van der Waals surface area contributed by atoms with Crippen LogP contribution in [0.15, 0.2) is 78.9 Å². The zero-order valence-corrected chi connectivity index (χ0v) is 19.4. The van der Waals surface area contributed by atoms with Crippen molar-refractivity contribution in [3.63, 3.8) is 0 Å². The van der Waals surface area contributed by atoms with Gasteiger partial charge in [0.15, 0.2) is 0 Å². The van der Waals surface area contributed by atoms with E-state index in [1.54, 1.807) is 11.6 Å². The molecule has 0 radical (unpaired) electrons. The average molecular weight is 508 g/mol. The van der Waals surface area contributed by atoms with E-state index >= 15 is 0 Å². The molecule has 1 aliphatic heterocycles. The second kappa shape index (κ2) is 9.20. The van der Waals surface area contributed by atoms with E-state index in [0.29, 0.717) is 28.3 Å². The summed E-state index contributed by atoms with van der Waals surface area (Å²) in [5.74, 6) is -2.05. The minimum atomic E-state index is -4.54. The van der Waals surface area contributed by atoms with Crippen molar-refractivity contribution in [3.8, 4) is 5.69 Å². The number of amides is 2. The molecule has 37 heavy (non-hydrogen) atoms. The van der Waals surface area contributed by atoms with Gasteiger partial charge in [0.2, 0.25) is 5.91 Å². The molecule has 2 N–H and O–H groups in total. The van der Waals surface area contributed by atoms with Gasteiger partial charge in [-0.05, 0) is 61.0 Å². The summed E-state index contributed by atoms with van der Waals surface area (Å²) < 4.78 is 54.1. The number of nitrogens with zero attached hydrogens (tertiary/aromatic N) is 2. The fourth-order valence-corrected chi connectivity index (χ4v) is 4.51. The summed E-state index contributed by atoms with van der Waals surface area (Å²) in [5.41, 5.74) is 1.55. The zero-order valence-electron chi connectivity index (χ0n) is 19.4. The van der Waals surface area contributed by atoms with E-state index in [1.807, 2.05) is 30.3 Å². The molecule has 6 nitrogen and oxygen atoms in total. The molecule has 4 aromatic rings. The molecule has 3 aromatic carbocycles. The number of hydrogen-bond donors (Lipinski definition) is 2. The topological polar surface area (TPSA) is 76.0 Å². The molecule has 2 heterocycles. The van der Waals surface area contributed by atoms with Crippen LogP contribution in [-0.2, 0) is 11.0 Å². The molecule has 0 unspecified atom stereocenters. The maximum atomic E-state index is 13.7. The van der Waals surface area contributed by atoms with E-state index in [2.05, 4.69) is 15.7 Å². The number of fused-ring (bicyclic) bond motifs is 1. The molecule has 2 atom stereocenters. The van der Waals surface area contributed by atoms with Crippen molar-refractivity contribution in [2.75, 3.05) is 5.32 Å². The van der Waals surface area contributed by atoms with E-state index in [4.69, 9.17) is 0 Å². The first-order chi connectivity index (χ1) is 17.6. The summed E-state index contributed by atoms with van der Waals surface area (Å²) in [6.07, 6.45) is -4.54. The molecular weight excluding hydrogens is 488 g/mol. The van der Waals surface area contributed by atoms with Crippen LogP contribution in [0.25, 0.3) is 5.69 Å². The molecule has 1 aromatic heterocycles. The Balaban J connectivity index is 1.56. The van der Waals surface area contributed by atoms with Gasteiger partial charge in [0, 0.05) is 17.0 Å². The van der Waals surface area contributed by atoms with Crippen molar-refractivity contribution in [3.05, 3.63) is 113 Å². The second-order valence-electron chi connectivity index (χ2n) is 8.64. The molecule has 0 spiro atoms. The Kier molecular flexibility index (Phi) is 6.02. The Hall–Kier alpha value is -4.47. The summed E-state index contributed by atoms with van der Waals surface area (Å²) in [6.45, 7) is 1.76. The number of hydrogen-bond acceptors (Lipinski definition) is 3. The highest BCUT2D eigenvalue weighted by molar-refractivity contribution is 6.04. The Labute approximate surface area is 208 Å². The first-order valence-corrected chi connectivity index (χ1v) is 11.3. The summed E-state index contributed by atoms with van der Waals surface area (Å²) >= 11 is 0. The first kappa shape index (κ1) is 24.2. The molecule has 1 aliphatic rings. The fraction of sp³-hybridized carbons (Fsp3) is 0.148. The zero-order chi connectivity index (χ0) is 26.3. The predicted octanol–water partition coefficient (Wildman–Crippen LogP) is 5.22. The summed E-state index contributed by atoms with van der Waals surface area (Å²) in [6, 6.07) is 17.3. The van der Waals surface area contributed by atoms with Gasteiger partial charge < -0.3 is 10.6 Å². The molecule has 0 bridgehead atoms. The number of aryl methyl sites for hydroxylation is 1. The predicted molar refractivity (Wildman–Crippen MR) is 128 cm³/mol. The van der Waals surface area contributed by atoms with Gasteiger partial charge in [-0.3, -0.25) is 9.59 Å². The maximum Gasteiger partial charge on any atom is 0.416 e. The molecule has 0 saturated heterocycles. The number of anilines is 1. The molecule has 188 valence electrons. The molecule has 0 fully saturated rings. The van der Waals surface area contributed by atoms with Gasteiger partial charge >= 0.3 is 6.18 Å². The number of carbonyl (C=O) groups excluding carboxylic acids is 2. The van der Waals surface area contributed by atoms with Crippen LogP contribution in [0.5, 0.6) is 0 Å². The lowest BCUT2D eigenvalue weighted by molar-refractivity contribution is -0.137. The van der Waals surface area contributed by atoms with E-state index in [1.165, 1.54) is 24.3 Å². The number of aromatic nitrogens is 2. The number of carbonyl (C=O) groups is 2. The Morgan fingerprint density at radius 1 is 0.973 bits per heavy atom. The third-order valence-corrected chi connectivity index (χ3v) is 6.27. The maximum absolute atomic E-state index is 13.7. The van der Waals surface area contributed by atoms with Crippen LogP contribution in [0, 0.1) is 12.7 Å². The summed E-state index contributed by atoms with van der Waals surface area (Å²) in [4.78, 5) is 26.4. The molecule has 5 rings (SSSR count). The van der Waals surface area contributed by atoms with Crippen LogP contribution in [0.4, 0.5) is 23.4 Å². The summed E-state index contributed by atoms with van der Waals surface area (Å²) in [7, 11) is 0. The molecule has 0 saturated carbocycles. The van der Waals surface area contributed by atoms with Crippen molar-refractivity contribution in [2.45, 2.75) is 25.1 Å². The Bertz CT molecular complexity index is 1460. The molecule has 10 heteroatoms. The Morgan fingerprint density at radius 3 is 2.24 bits per heavy atom. The average Bonchev–Trinajstić information content (AvgIpc) is 3.20. The first-order valence-electron chi connectivity index (χ1n) is 11.3. The third kappa shape index (κ3) is 4.57. The highest BCUT2D eigenvalue weighted by atomic mass is 19.4. The van der Waals surface area contributed by atoms with Crippen LogP contribution in [0.3, 0.4) is 0 Å². The number of para-hydroxylation sites is 1. The molecule has 2 amide bonds. The monoisotopic (exact) mass is 508 g/mol. The van der Waals surface area contributed by atoms with E-state index in [9.17, 15) is 27.2 Å². The van der Waals surface area contributed by atoms with E-state index in [0.717, 1.165) is 24.3 Å². The quantitative estimate of drug-likeness (QED) is 0.371. The van der Waals surface area contributed by atoms with Gasteiger partial charge in [0.05, 0.1) is 16.9 Å². The van der Waals surface area contributed by atoms with Crippen molar-refractivity contribution < 1.29 is 27.2 Å². The normalized spacial score (nSPS) is 17.2. The number of alkyl halides is 3. The smallest absolute Gasteiger partial charge is 0.339 e. The van der Waals surface area contributed by atoms with Crippen LogP contribution in [0.2, 0.25) is 0 Å². The fourth-order valence-electron chi connectivity index (χ4n) is 4.51. The lowest BCUT2D eigenvalue weighted by atomic mass is 9.82. The second-order valence-corrected chi connectivity index (χ2v) is 8.64. The minimum absolute atomic E-state index is 0.0406.